The molecule has 6 nitrogen and oxygen atoms in total. The maximum absolute atomic E-state index is 11.8. The number of benzene rings is 2. The van der Waals surface area contributed by atoms with Crippen LogP contribution in [0.2, 0.25) is 0 Å². The van der Waals surface area contributed by atoms with Gasteiger partial charge >= 0.3 is 5.97 Å². The Morgan fingerprint density at radius 2 is 1.86 bits per heavy atom. The predicted octanol–water partition coefficient (Wildman–Crippen LogP) is 2.71. The van der Waals surface area contributed by atoms with E-state index in [9.17, 15) is 9.90 Å². The summed E-state index contributed by atoms with van der Waals surface area (Å²) in [5, 5.41) is 13.2. The number of oxime groups is 1. The minimum absolute atomic E-state index is 0.0132. The third-order valence-corrected chi connectivity index (χ3v) is 2.75. The molecule has 0 heterocycles. The van der Waals surface area contributed by atoms with Gasteiger partial charge in [0, 0.05) is 6.07 Å². The second-order valence-corrected chi connectivity index (χ2v) is 4.21. The third-order valence-electron chi connectivity index (χ3n) is 2.75. The highest BCUT2D eigenvalue weighted by atomic mass is 16.6. The molecule has 2 aromatic carbocycles. The smallest absolute Gasteiger partial charge is 0.360 e. The molecule has 0 radical (unpaired) electrons. The van der Waals surface area contributed by atoms with E-state index in [1.54, 1.807) is 36.4 Å². The number of ether oxygens (including phenoxy) is 2. The average Bonchev–Trinajstić information content (AvgIpc) is 2.53. The van der Waals surface area contributed by atoms with Crippen molar-refractivity contribution < 1.29 is 24.2 Å². The zero-order chi connectivity index (χ0) is 15.9. The number of esters is 1. The first-order valence-electron chi connectivity index (χ1n) is 6.41. The fourth-order valence-electron chi connectivity index (χ4n) is 1.81. The van der Waals surface area contributed by atoms with E-state index in [0.717, 1.165) is 0 Å². The van der Waals surface area contributed by atoms with Gasteiger partial charge in [-0.1, -0.05) is 23.4 Å². The number of carbonyl (C=O) groups excluding carboxylic acids is 1. The summed E-state index contributed by atoms with van der Waals surface area (Å²) in [5.74, 6) is 0.242. The number of carbonyl (C=O) groups is 1. The highest BCUT2D eigenvalue weighted by Gasteiger charge is 2.20. The number of aromatic hydroxyl groups is 1. The first-order valence-corrected chi connectivity index (χ1v) is 6.41. The van der Waals surface area contributed by atoms with Gasteiger partial charge in [0.25, 0.3) is 0 Å². The molecule has 2 rings (SSSR count). The number of phenols is 1. The molecule has 0 spiro atoms. The van der Waals surface area contributed by atoms with Gasteiger partial charge in [-0.3, -0.25) is 0 Å². The molecule has 0 aromatic heterocycles. The minimum atomic E-state index is -0.645. The maximum Gasteiger partial charge on any atom is 0.360 e. The lowest BCUT2D eigenvalue weighted by Crippen LogP contribution is -2.18. The van der Waals surface area contributed by atoms with Crippen LogP contribution in [0.5, 0.6) is 17.2 Å². The lowest BCUT2D eigenvalue weighted by atomic mass is 10.1. The Bertz CT molecular complexity index is 696. The molecule has 0 aliphatic heterocycles. The Morgan fingerprint density at radius 3 is 2.55 bits per heavy atom. The molecule has 0 aliphatic rings. The molecule has 0 unspecified atom stereocenters. The van der Waals surface area contributed by atoms with Crippen molar-refractivity contribution in [3.8, 4) is 17.2 Å². The van der Waals surface area contributed by atoms with Crippen LogP contribution in [0.1, 0.15) is 5.56 Å². The van der Waals surface area contributed by atoms with E-state index in [4.69, 9.17) is 14.3 Å². The fourth-order valence-corrected chi connectivity index (χ4v) is 1.81. The van der Waals surface area contributed by atoms with E-state index < -0.39 is 5.97 Å². The van der Waals surface area contributed by atoms with Crippen LogP contribution in [0.4, 0.5) is 0 Å². The van der Waals surface area contributed by atoms with Gasteiger partial charge in [-0.05, 0) is 24.3 Å². The van der Waals surface area contributed by atoms with Crippen LogP contribution in [0.15, 0.2) is 53.7 Å². The lowest BCUT2D eigenvalue weighted by Gasteiger charge is -2.11. The highest BCUT2D eigenvalue weighted by Crippen LogP contribution is 2.28. The van der Waals surface area contributed by atoms with Gasteiger partial charge in [-0.25, -0.2) is 4.79 Å². The molecule has 0 atom stereocenters. The van der Waals surface area contributed by atoms with Gasteiger partial charge in [-0.2, -0.15) is 0 Å². The average molecular weight is 301 g/mol. The molecular weight excluding hydrogens is 286 g/mol. The van der Waals surface area contributed by atoms with Crippen LogP contribution >= 0.6 is 0 Å². The van der Waals surface area contributed by atoms with E-state index >= 15 is 0 Å². The summed E-state index contributed by atoms with van der Waals surface area (Å²) in [4.78, 5) is 16.5. The summed E-state index contributed by atoms with van der Waals surface area (Å²) >= 11 is 0. The number of methoxy groups -OCH3 is 1. The maximum atomic E-state index is 11.8. The molecule has 0 amide bonds. The molecule has 0 fully saturated rings. The summed E-state index contributed by atoms with van der Waals surface area (Å²) in [6.45, 7) is 0. The Balaban J connectivity index is 2.41. The first-order chi connectivity index (χ1) is 10.7. The molecule has 1 N–H and O–H groups in total. The van der Waals surface area contributed by atoms with Crippen LogP contribution in [0.25, 0.3) is 0 Å². The van der Waals surface area contributed by atoms with Gasteiger partial charge in [0.1, 0.15) is 24.4 Å². The fraction of sp³-hybridized carbons (Fsp3) is 0.125. The minimum Gasteiger partial charge on any atom is -0.508 e. The van der Waals surface area contributed by atoms with E-state index in [-0.39, 0.29) is 11.5 Å². The van der Waals surface area contributed by atoms with Crippen LogP contribution < -0.4 is 4.74 Å². The number of phenolic OH excluding ortho intramolecular Hbond substituents is 1. The number of hydrogen-bond acceptors (Lipinski definition) is 6. The topological polar surface area (TPSA) is 77.4 Å². The van der Waals surface area contributed by atoms with Crippen LogP contribution in [-0.2, 0) is 14.4 Å². The Labute approximate surface area is 127 Å². The van der Waals surface area contributed by atoms with E-state index in [1.807, 2.05) is 0 Å². The second kappa shape index (κ2) is 7.12. The molecule has 114 valence electrons. The zero-order valence-corrected chi connectivity index (χ0v) is 12.1. The summed E-state index contributed by atoms with van der Waals surface area (Å²) in [7, 11) is 2.59. The van der Waals surface area contributed by atoms with Crippen molar-refractivity contribution in [1.29, 1.82) is 0 Å². The number of nitrogens with zero attached hydrogens (tertiary/aromatic N) is 1. The predicted molar refractivity (Wildman–Crippen MR) is 80.2 cm³/mol. The number of para-hydroxylation sites is 1. The standard InChI is InChI=1S/C16H15NO5/c1-20-16(19)15(17-21-2)13-8-3-4-9-14(13)22-12-7-5-6-11(18)10-12/h3-10,18H,1-2H3. The molecular formula is C16H15NO5. The van der Waals surface area contributed by atoms with Crippen molar-refractivity contribution in [2.24, 2.45) is 5.16 Å². The summed E-state index contributed by atoms with van der Waals surface area (Å²) < 4.78 is 10.4. The van der Waals surface area contributed by atoms with Crippen LogP contribution in [0, 0.1) is 0 Å². The van der Waals surface area contributed by atoms with Gasteiger partial charge in [0.15, 0.2) is 5.71 Å². The largest absolute Gasteiger partial charge is 0.508 e. The van der Waals surface area contributed by atoms with Crippen molar-refractivity contribution in [3.63, 3.8) is 0 Å². The first kappa shape index (κ1) is 15.4. The van der Waals surface area contributed by atoms with Crippen molar-refractivity contribution in [2.45, 2.75) is 0 Å². The van der Waals surface area contributed by atoms with Crippen molar-refractivity contribution in [2.75, 3.05) is 14.2 Å². The van der Waals surface area contributed by atoms with Gasteiger partial charge < -0.3 is 19.4 Å². The Kier molecular flexibility index (Phi) is 4.98. The number of rotatable bonds is 5. The van der Waals surface area contributed by atoms with Crippen molar-refractivity contribution in [1.82, 2.24) is 0 Å². The van der Waals surface area contributed by atoms with E-state index in [2.05, 4.69) is 5.16 Å². The SMILES string of the molecule is CON=C(C(=O)OC)c1ccccc1Oc1cccc(O)c1. The summed E-state index contributed by atoms with van der Waals surface area (Å²) in [6, 6.07) is 13.1. The second-order valence-electron chi connectivity index (χ2n) is 4.21. The summed E-state index contributed by atoms with van der Waals surface area (Å²) in [5.41, 5.74) is 0.403. The molecule has 22 heavy (non-hydrogen) atoms. The zero-order valence-electron chi connectivity index (χ0n) is 12.1. The molecule has 0 aliphatic carbocycles. The summed E-state index contributed by atoms with van der Waals surface area (Å²) in [6.07, 6.45) is 0. The Morgan fingerprint density at radius 1 is 1.09 bits per heavy atom. The van der Waals surface area contributed by atoms with Crippen molar-refractivity contribution in [3.05, 3.63) is 54.1 Å². The van der Waals surface area contributed by atoms with Crippen LogP contribution in [0.3, 0.4) is 0 Å². The van der Waals surface area contributed by atoms with E-state index in [1.165, 1.54) is 26.4 Å². The molecule has 0 saturated carbocycles. The monoisotopic (exact) mass is 301 g/mol. The van der Waals surface area contributed by atoms with Crippen LogP contribution in [-0.4, -0.2) is 31.0 Å². The lowest BCUT2D eigenvalue weighted by molar-refractivity contribution is -0.132. The van der Waals surface area contributed by atoms with Gasteiger partial charge in [0.05, 0.1) is 12.7 Å². The van der Waals surface area contributed by atoms with E-state index in [0.29, 0.717) is 17.1 Å². The van der Waals surface area contributed by atoms with Gasteiger partial charge in [0.2, 0.25) is 0 Å². The van der Waals surface area contributed by atoms with Crippen molar-refractivity contribution >= 4 is 11.7 Å². The molecule has 2 aromatic rings. The molecule has 0 bridgehead atoms. The normalized spacial score (nSPS) is 10.9. The quantitative estimate of drug-likeness (QED) is 0.522. The number of hydrogen-bond donors (Lipinski definition) is 1. The third kappa shape index (κ3) is 3.54. The van der Waals surface area contributed by atoms with Gasteiger partial charge in [-0.15, -0.1) is 0 Å². The molecule has 0 saturated heterocycles. The Hall–Kier alpha value is -3.02. The highest BCUT2D eigenvalue weighted by molar-refractivity contribution is 6.43. The molecule has 6 heteroatoms.